The summed E-state index contributed by atoms with van der Waals surface area (Å²) in [4.78, 5) is 10.2. The molecule has 124 valence electrons. The highest BCUT2D eigenvalue weighted by Crippen LogP contribution is 2.16. The minimum atomic E-state index is 0.751. The van der Waals surface area contributed by atoms with E-state index in [1.165, 1.54) is 64.2 Å². The van der Waals surface area contributed by atoms with Crippen molar-refractivity contribution in [3.8, 4) is 0 Å². The molecule has 0 saturated carbocycles. The van der Waals surface area contributed by atoms with E-state index in [2.05, 4.69) is 32.9 Å². The predicted octanol–water partition coefficient (Wildman–Crippen LogP) is 6.71. The molecule has 0 heterocycles. The Hall–Kier alpha value is -0.590. The molecule has 0 aliphatic heterocycles. The number of hydrogen-bond donors (Lipinski definition) is 0. The first-order valence-corrected chi connectivity index (χ1v) is 9.25. The van der Waals surface area contributed by atoms with Crippen LogP contribution in [0.1, 0.15) is 97.8 Å². The van der Waals surface area contributed by atoms with Crippen LogP contribution in [0.4, 0.5) is 0 Å². The van der Waals surface area contributed by atoms with Crippen LogP contribution in [0.25, 0.3) is 0 Å². The first kappa shape index (κ1) is 20.4. The zero-order valence-corrected chi connectivity index (χ0v) is 14.8. The number of unbranched alkanes of at least 4 members (excludes halogenated alkanes) is 7. The maximum Gasteiger partial charge on any atom is 0.119 e. The van der Waals surface area contributed by atoms with Crippen LogP contribution < -0.4 is 0 Å². The summed E-state index contributed by atoms with van der Waals surface area (Å²) in [6.45, 7) is 6.98. The topological polar surface area (TPSA) is 17.1 Å². The maximum atomic E-state index is 10.2. The lowest BCUT2D eigenvalue weighted by atomic mass is 9.98. The van der Waals surface area contributed by atoms with Gasteiger partial charge in [-0.15, -0.1) is 0 Å². The van der Waals surface area contributed by atoms with Crippen LogP contribution in [0, 0.1) is 11.8 Å². The van der Waals surface area contributed by atoms with E-state index in [0.717, 1.165) is 31.0 Å². The summed E-state index contributed by atoms with van der Waals surface area (Å²) in [5.41, 5.74) is 0. The van der Waals surface area contributed by atoms with Gasteiger partial charge in [-0.1, -0.05) is 77.9 Å². The number of carbonyl (C=O) groups is 1. The van der Waals surface area contributed by atoms with Crippen molar-refractivity contribution in [1.82, 2.24) is 0 Å². The number of aldehydes is 1. The normalized spacial score (nSPS) is 13.1. The Morgan fingerprint density at radius 1 is 0.714 bits per heavy atom. The lowest BCUT2D eigenvalue weighted by Crippen LogP contribution is -1.93. The summed E-state index contributed by atoms with van der Waals surface area (Å²) in [6.07, 6.45) is 20.8. The smallest absolute Gasteiger partial charge is 0.119 e. The van der Waals surface area contributed by atoms with Gasteiger partial charge in [-0.2, -0.15) is 0 Å². The fourth-order valence-corrected chi connectivity index (χ4v) is 2.64. The van der Waals surface area contributed by atoms with Crippen LogP contribution in [0.5, 0.6) is 0 Å². The third-order valence-corrected chi connectivity index (χ3v) is 4.13. The van der Waals surface area contributed by atoms with Crippen LogP contribution in [0.3, 0.4) is 0 Å². The van der Waals surface area contributed by atoms with Gasteiger partial charge in [0.1, 0.15) is 6.29 Å². The largest absolute Gasteiger partial charge is 0.303 e. The van der Waals surface area contributed by atoms with Crippen molar-refractivity contribution in [3.05, 3.63) is 12.2 Å². The van der Waals surface area contributed by atoms with E-state index >= 15 is 0 Å². The van der Waals surface area contributed by atoms with Crippen LogP contribution in [-0.4, -0.2) is 6.29 Å². The quantitative estimate of drug-likeness (QED) is 0.186. The molecule has 0 bridgehead atoms. The molecule has 0 aliphatic carbocycles. The van der Waals surface area contributed by atoms with Gasteiger partial charge < -0.3 is 4.79 Å². The Kier molecular flexibility index (Phi) is 15.3. The summed E-state index contributed by atoms with van der Waals surface area (Å²) < 4.78 is 0. The van der Waals surface area contributed by atoms with Gasteiger partial charge in [-0.05, 0) is 37.5 Å². The summed E-state index contributed by atoms with van der Waals surface area (Å²) in [6, 6.07) is 0. The van der Waals surface area contributed by atoms with Crippen LogP contribution >= 0.6 is 0 Å². The molecule has 0 aromatic rings. The van der Waals surface area contributed by atoms with Crippen LogP contribution in [0.2, 0.25) is 0 Å². The molecular formula is C20H38O. The molecule has 0 radical (unpaired) electrons. The minimum absolute atomic E-state index is 0.751. The molecule has 0 amide bonds. The third-order valence-electron chi connectivity index (χ3n) is 4.13. The summed E-state index contributed by atoms with van der Waals surface area (Å²) >= 11 is 0. The molecule has 1 heteroatoms. The first-order valence-electron chi connectivity index (χ1n) is 9.25. The average molecular weight is 295 g/mol. The van der Waals surface area contributed by atoms with Gasteiger partial charge in [-0.3, -0.25) is 0 Å². The second-order valence-electron chi connectivity index (χ2n) is 7.00. The standard InChI is InChI=1S/C20H38O/c1-19(2)15-11-8-9-13-17-20(3)16-12-7-5-4-6-10-14-18-21/h9,13,18-20H,4-8,10-12,14-17H2,1-3H3/b13-9+. The van der Waals surface area contributed by atoms with E-state index in [0.29, 0.717) is 0 Å². The van der Waals surface area contributed by atoms with Crippen molar-refractivity contribution in [2.45, 2.75) is 97.8 Å². The monoisotopic (exact) mass is 294 g/mol. The SMILES string of the molecule is CC(C)CCC/C=C/CC(C)CCCCCCCCC=O. The third kappa shape index (κ3) is 17.4. The summed E-state index contributed by atoms with van der Waals surface area (Å²) in [5.74, 6) is 1.68. The van der Waals surface area contributed by atoms with Gasteiger partial charge in [-0.25, -0.2) is 0 Å². The highest BCUT2D eigenvalue weighted by Gasteiger charge is 1.99. The molecule has 1 unspecified atom stereocenters. The molecule has 0 fully saturated rings. The van der Waals surface area contributed by atoms with E-state index in [9.17, 15) is 4.79 Å². The molecule has 0 aliphatic rings. The molecular weight excluding hydrogens is 256 g/mol. The zero-order valence-electron chi connectivity index (χ0n) is 14.8. The molecule has 0 aromatic carbocycles. The predicted molar refractivity (Wildman–Crippen MR) is 94.6 cm³/mol. The van der Waals surface area contributed by atoms with Crippen molar-refractivity contribution in [1.29, 1.82) is 0 Å². The Balaban J connectivity index is 3.28. The van der Waals surface area contributed by atoms with Gasteiger partial charge in [0.2, 0.25) is 0 Å². The van der Waals surface area contributed by atoms with Gasteiger partial charge in [0.25, 0.3) is 0 Å². The number of hydrogen-bond acceptors (Lipinski definition) is 1. The van der Waals surface area contributed by atoms with Crippen LogP contribution in [0.15, 0.2) is 12.2 Å². The highest BCUT2D eigenvalue weighted by atomic mass is 16.1. The summed E-state index contributed by atoms with van der Waals surface area (Å²) in [5, 5.41) is 0. The zero-order chi connectivity index (χ0) is 15.8. The van der Waals surface area contributed by atoms with E-state index < -0.39 is 0 Å². The van der Waals surface area contributed by atoms with Gasteiger partial charge >= 0.3 is 0 Å². The second-order valence-corrected chi connectivity index (χ2v) is 7.00. The van der Waals surface area contributed by atoms with Gasteiger partial charge in [0.05, 0.1) is 0 Å². The van der Waals surface area contributed by atoms with Gasteiger partial charge in [0.15, 0.2) is 0 Å². The Morgan fingerprint density at radius 2 is 1.38 bits per heavy atom. The van der Waals surface area contributed by atoms with E-state index in [4.69, 9.17) is 0 Å². The van der Waals surface area contributed by atoms with Crippen LogP contribution in [-0.2, 0) is 4.79 Å². The van der Waals surface area contributed by atoms with E-state index in [1.807, 2.05) is 0 Å². The molecule has 1 atom stereocenters. The minimum Gasteiger partial charge on any atom is -0.303 e. The fraction of sp³-hybridized carbons (Fsp3) is 0.850. The van der Waals surface area contributed by atoms with Crippen molar-refractivity contribution in [3.63, 3.8) is 0 Å². The van der Waals surface area contributed by atoms with Crippen molar-refractivity contribution >= 4 is 6.29 Å². The Morgan fingerprint density at radius 3 is 2.05 bits per heavy atom. The number of carbonyl (C=O) groups excluding carboxylic acids is 1. The summed E-state index contributed by atoms with van der Waals surface area (Å²) in [7, 11) is 0. The van der Waals surface area contributed by atoms with Crippen molar-refractivity contribution in [2.24, 2.45) is 11.8 Å². The van der Waals surface area contributed by atoms with E-state index in [1.54, 1.807) is 0 Å². The molecule has 21 heavy (non-hydrogen) atoms. The van der Waals surface area contributed by atoms with E-state index in [-0.39, 0.29) is 0 Å². The molecule has 0 N–H and O–H groups in total. The Bertz CT molecular complexity index is 242. The lowest BCUT2D eigenvalue weighted by molar-refractivity contribution is -0.107. The fourth-order valence-electron chi connectivity index (χ4n) is 2.64. The van der Waals surface area contributed by atoms with Gasteiger partial charge in [0, 0.05) is 6.42 Å². The highest BCUT2D eigenvalue weighted by molar-refractivity contribution is 5.48. The first-order chi connectivity index (χ1) is 10.2. The maximum absolute atomic E-state index is 10.2. The average Bonchev–Trinajstić information content (AvgIpc) is 2.45. The molecule has 0 rings (SSSR count). The molecule has 0 saturated heterocycles. The number of allylic oxidation sites excluding steroid dienone is 2. The lowest BCUT2D eigenvalue weighted by Gasteiger charge is -2.08. The van der Waals surface area contributed by atoms with Crippen molar-refractivity contribution < 1.29 is 4.79 Å². The second kappa shape index (κ2) is 15.8. The van der Waals surface area contributed by atoms with Crippen molar-refractivity contribution in [2.75, 3.05) is 0 Å². The Labute approximate surface area is 133 Å². The molecule has 0 aromatic heterocycles. The molecule has 1 nitrogen and oxygen atoms in total. The molecule has 0 spiro atoms. The number of rotatable bonds is 15.